The molecule has 0 aliphatic heterocycles. The van der Waals surface area contributed by atoms with Gasteiger partial charge in [-0.25, -0.2) is 9.97 Å². The molecular formula is C23H17N5O3. The lowest BCUT2D eigenvalue weighted by Crippen LogP contribution is -2.10. The molecule has 0 saturated heterocycles. The van der Waals surface area contributed by atoms with Crippen LogP contribution in [0.25, 0.3) is 16.8 Å². The summed E-state index contributed by atoms with van der Waals surface area (Å²) in [6, 6.07) is 17.9. The van der Waals surface area contributed by atoms with Gasteiger partial charge >= 0.3 is 0 Å². The van der Waals surface area contributed by atoms with E-state index in [0.29, 0.717) is 34.5 Å². The topological polar surface area (TPSA) is 95.1 Å². The minimum Gasteiger partial charge on any atom is -0.451 e. The van der Waals surface area contributed by atoms with E-state index in [9.17, 15) is 4.79 Å². The number of ether oxygens (including phenoxy) is 1. The van der Waals surface area contributed by atoms with E-state index in [1.54, 1.807) is 66.6 Å². The summed E-state index contributed by atoms with van der Waals surface area (Å²) in [7, 11) is 0. The van der Waals surface area contributed by atoms with Crippen molar-refractivity contribution < 1.29 is 13.9 Å². The number of carbonyl (C=O) groups excluding carboxylic acids is 1. The van der Waals surface area contributed by atoms with Crippen molar-refractivity contribution in [3.63, 3.8) is 0 Å². The summed E-state index contributed by atoms with van der Waals surface area (Å²) in [5.74, 6) is 2.17. The van der Waals surface area contributed by atoms with Crippen LogP contribution in [0.15, 0.2) is 83.8 Å². The van der Waals surface area contributed by atoms with Crippen molar-refractivity contribution in [1.29, 1.82) is 0 Å². The molecule has 3 aromatic heterocycles. The molecule has 0 spiro atoms. The van der Waals surface area contributed by atoms with Crippen molar-refractivity contribution in [2.75, 3.05) is 5.32 Å². The van der Waals surface area contributed by atoms with Gasteiger partial charge in [0.05, 0.1) is 0 Å². The molecule has 1 amide bonds. The van der Waals surface area contributed by atoms with Crippen LogP contribution >= 0.6 is 0 Å². The molecule has 5 aromatic rings. The van der Waals surface area contributed by atoms with E-state index in [4.69, 9.17) is 9.15 Å². The summed E-state index contributed by atoms with van der Waals surface area (Å²) in [6.07, 6.45) is 5.13. The third-order valence-electron chi connectivity index (χ3n) is 4.55. The predicted octanol–water partition coefficient (Wildman–Crippen LogP) is 4.76. The third kappa shape index (κ3) is 3.99. The molecule has 5 rings (SSSR count). The van der Waals surface area contributed by atoms with Gasteiger partial charge in [0.1, 0.15) is 29.3 Å². The van der Waals surface area contributed by atoms with Crippen LogP contribution in [0, 0.1) is 6.92 Å². The van der Waals surface area contributed by atoms with Gasteiger partial charge in [0.15, 0.2) is 5.76 Å². The Balaban J connectivity index is 1.29. The van der Waals surface area contributed by atoms with E-state index in [2.05, 4.69) is 20.3 Å². The number of amides is 1. The zero-order valence-electron chi connectivity index (χ0n) is 16.5. The highest BCUT2D eigenvalue weighted by Gasteiger charge is 2.12. The first-order chi connectivity index (χ1) is 15.1. The first-order valence-corrected chi connectivity index (χ1v) is 9.56. The van der Waals surface area contributed by atoms with Crippen LogP contribution in [0.3, 0.4) is 0 Å². The van der Waals surface area contributed by atoms with Crippen LogP contribution in [0.2, 0.25) is 0 Å². The Hall–Kier alpha value is -4.46. The number of rotatable bonds is 5. The normalized spacial score (nSPS) is 10.9. The van der Waals surface area contributed by atoms with Gasteiger partial charge in [-0.3, -0.25) is 9.36 Å². The molecule has 31 heavy (non-hydrogen) atoms. The number of fused-ring (bicyclic) bond motifs is 1. The largest absolute Gasteiger partial charge is 0.451 e. The fourth-order valence-electron chi connectivity index (χ4n) is 3.12. The highest BCUT2D eigenvalue weighted by atomic mass is 16.5. The second-order valence-corrected chi connectivity index (χ2v) is 6.81. The lowest BCUT2D eigenvalue weighted by Gasteiger charge is -2.09. The Morgan fingerprint density at radius 1 is 1.06 bits per heavy atom. The van der Waals surface area contributed by atoms with Crippen LogP contribution in [-0.2, 0) is 0 Å². The quantitative estimate of drug-likeness (QED) is 0.448. The maximum Gasteiger partial charge on any atom is 0.291 e. The standard InChI is InChI=1S/C23H17N5O3/c1-15-25-21(28-11-10-24-14-28)13-22(26-15)30-18-8-6-17(7-9-18)27-23(29)20-12-16-4-2-3-5-19(16)31-20/h2-14H,1H3,(H,27,29). The molecule has 0 aliphatic carbocycles. The molecule has 0 fully saturated rings. The van der Waals surface area contributed by atoms with Crippen molar-refractivity contribution in [2.24, 2.45) is 0 Å². The molecule has 8 heteroatoms. The number of benzene rings is 2. The highest BCUT2D eigenvalue weighted by molar-refractivity contribution is 6.04. The molecule has 3 heterocycles. The van der Waals surface area contributed by atoms with Gasteiger partial charge in [-0.05, 0) is 43.3 Å². The molecule has 1 N–H and O–H groups in total. The summed E-state index contributed by atoms with van der Waals surface area (Å²) in [5.41, 5.74) is 1.29. The Morgan fingerprint density at radius 2 is 1.90 bits per heavy atom. The van der Waals surface area contributed by atoms with Gasteiger partial charge in [0, 0.05) is 29.5 Å². The number of para-hydroxylation sites is 1. The van der Waals surface area contributed by atoms with Gasteiger partial charge in [0.25, 0.3) is 5.91 Å². The van der Waals surface area contributed by atoms with E-state index < -0.39 is 0 Å². The van der Waals surface area contributed by atoms with Crippen LogP contribution in [-0.4, -0.2) is 25.4 Å². The fraction of sp³-hybridized carbons (Fsp3) is 0.0435. The number of hydrogen-bond donors (Lipinski definition) is 1. The van der Waals surface area contributed by atoms with E-state index in [1.807, 2.05) is 24.3 Å². The minimum atomic E-state index is -0.318. The Labute approximate surface area is 177 Å². The molecule has 0 bridgehead atoms. The zero-order valence-corrected chi connectivity index (χ0v) is 16.5. The number of nitrogens with one attached hydrogen (secondary N) is 1. The average molecular weight is 411 g/mol. The van der Waals surface area contributed by atoms with E-state index in [-0.39, 0.29) is 11.7 Å². The Bertz CT molecular complexity index is 1330. The molecule has 152 valence electrons. The zero-order chi connectivity index (χ0) is 21.2. The Morgan fingerprint density at radius 3 is 2.68 bits per heavy atom. The Kier molecular flexibility index (Phi) is 4.64. The van der Waals surface area contributed by atoms with Gasteiger partial charge in [0.2, 0.25) is 5.88 Å². The second kappa shape index (κ2) is 7.75. The summed E-state index contributed by atoms with van der Waals surface area (Å²) in [5, 5.41) is 3.70. The lowest BCUT2D eigenvalue weighted by molar-refractivity contribution is 0.0998. The van der Waals surface area contributed by atoms with Crippen LogP contribution in [0.5, 0.6) is 11.6 Å². The number of furan rings is 1. The first-order valence-electron chi connectivity index (χ1n) is 9.56. The summed E-state index contributed by atoms with van der Waals surface area (Å²) >= 11 is 0. The highest BCUT2D eigenvalue weighted by Crippen LogP contribution is 2.24. The smallest absolute Gasteiger partial charge is 0.291 e. The average Bonchev–Trinajstić information content (AvgIpc) is 3.45. The molecular weight excluding hydrogens is 394 g/mol. The van der Waals surface area contributed by atoms with Gasteiger partial charge in [-0.15, -0.1) is 0 Å². The second-order valence-electron chi connectivity index (χ2n) is 6.81. The molecule has 0 unspecified atom stereocenters. The predicted molar refractivity (Wildman–Crippen MR) is 115 cm³/mol. The molecule has 0 aliphatic rings. The number of anilines is 1. The van der Waals surface area contributed by atoms with Crippen molar-refractivity contribution in [2.45, 2.75) is 6.92 Å². The number of aromatic nitrogens is 4. The number of aryl methyl sites for hydroxylation is 1. The monoisotopic (exact) mass is 411 g/mol. The van der Waals surface area contributed by atoms with E-state index in [1.165, 1.54) is 0 Å². The number of hydrogen-bond acceptors (Lipinski definition) is 6. The van der Waals surface area contributed by atoms with Crippen molar-refractivity contribution in [1.82, 2.24) is 19.5 Å². The van der Waals surface area contributed by atoms with Gasteiger partial charge in [-0.2, -0.15) is 4.98 Å². The third-order valence-corrected chi connectivity index (χ3v) is 4.55. The minimum absolute atomic E-state index is 0.255. The van der Waals surface area contributed by atoms with Crippen LogP contribution in [0.1, 0.15) is 16.4 Å². The van der Waals surface area contributed by atoms with Gasteiger partial charge in [-0.1, -0.05) is 18.2 Å². The van der Waals surface area contributed by atoms with Crippen molar-refractivity contribution >= 4 is 22.6 Å². The van der Waals surface area contributed by atoms with Crippen molar-refractivity contribution in [3.8, 4) is 17.4 Å². The summed E-state index contributed by atoms with van der Waals surface area (Å²) < 4.78 is 13.2. The lowest BCUT2D eigenvalue weighted by atomic mass is 10.2. The SMILES string of the molecule is Cc1nc(Oc2ccc(NC(=O)c3cc4ccccc4o3)cc2)cc(-n2ccnc2)n1. The molecule has 0 atom stereocenters. The number of nitrogens with zero attached hydrogens (tertiary/aromatic N) is 4. The fourth-order valence-corrected chi connectivity index (χ4v) is 3.12. The van der Waals surface area contributed by atoms with Crippen molar-refractivity contribution in [3.05, 3.63) is 91.0 Å². The number of imidazole rings is 1. The molecule has 2 aromatic carbocycles. The first kappa shape index (κ1) is 18.6. The maximum absolute atomic E-state index is 12.5. The van der Waals surface area contributed by atoms with E-state index in [0.717, 1.165) is 5.39 Å². The number of carbonyl (C=O) groups is 1. The summed E-state index contributed by atoms with van der Waals surface area (Å²) in [6.45, 7) is 1.80. The summed E-state index contributed by atoms with van der Waals surface area (Å²) in [4.78, 5) is 25.2. The van der Waals surface area contributed by atoms with E-state index >= 15 is 0 Å². The molecule has 0 radical (unpaired) electrons. The molecule has 8 nitrogen and oxygen atoms in total. The maximum atomic E-state index is 12.5. The van der Waals surface area contributed by atoms with Crippen LogP contribution in [0.4, 0.5) is 5.69 Å². The molecule has 0 saturated carbocycles. The van der Waals surface area contributed by atoms with Crippen LogP contribution < -0.4 is 10.1 Å². The van der Waals surface area contributed by atoms with Gasteiger partial charge < -0.3 is 14.5 Å².